The third-order valence-electron chi connectivity index (χ3n) is 3.01. The van der Waals surface area contributed by atoms with E-state index in [1.165, 1.54) is 12.8 Å². The summed E-state index contributed by atoms with van der Waals surface area (Å²) in [6, 6.07) is 0. The summed E-state index contributed by atoms with van der Waals surface area (Å²) in [5, 5.41) is 3.35. The minimum absolute atomic E-state index is 0.0704. The molecule has 0 heterocycles. The molecule has 1 N–H and O–H groups in total. The molecule has 0 amide bonds. The van der Waals surface area contributed by atoms with Crippen molar-refractivity contribution in [3.05, 3.63) is 0 Å². The van der Waals surface area contributed by atoms with Gasteiger partial charge in [0.2, 0.25) is 0 Å². The number of nitrogens with one attached hydrogen (secondary N) is 1. The Morgan fingerprint density at radius 1 is 1.22 bits per heavy atom. The molecule has 1 saturated carbocycles. The van der Waals surface area contributed by atoms with Gasteiger partial charge in [-0.1, -0.05) is 6.42 Å². The molecule has 0 aliphatic heterocycles. The Morgan fingerprint density at radius 3 is 2.78 bits per heavy atom. The fourth-order valence-electron chi connectivity index (χ4n) is 1.73. The lowest BCUT2D eigenvalue weighted by atomic mass is 10.2. The van der Waals surface area contributed by atoms with Gasteiger partial charge in [0.1, 0.15) is 0 Å². The third kappa shape index (κ3) is 9.42. The molecule has 4 nitrogen and oxygen atoms in total. The van der Waals surface area contributed by atoms with Crippen LogP contribution in [0.15, 0.2) is 0 Å². The zero-order chi connectivity index (χ0) is 13.1. The van der Waals surface area contributed by atoms with Crippen molar-refractivity contribution in [2.24, 2.45) is 5.92 Å². The quantitative estimate of drug-likeness (QED) is 0.430. The van der Waals surface area contributed by atoms with Gasteiger partial charge in [-0.3, -0.25) is 4.79 Å². The van der Waals surface area contributed by atoms with Gasteiger partial charge in [-0.05, 0) is 45.1 Å². The first-order valence-corrected chi connectivity index (χ1v) is 7.27. The highest BCUT2D eigenvalue weighted by Gasteiger charge is 2.20. The summed E-state index contributed by atoms with van der Waals surface area (Å²) in [5.41, 5.74) is 0. The van der Waals surface area contributed by atoms with E-state index in [9.17, 15) is 4.79 Å². The number of esters is 1. The molecule has 0 saturated heterocycles. The van der Waals surface area contributed by atoms with Crippen LogP contribution in [0.3, 0.4) is 0 Å². The number of rotatable bonds is 12. The summed E-state index contributed by atoms with van der Waals surface area (Å²) in [4.78, 5) is 11.1. The van der Waals surface area contributed by atoms with E-state index in [1.807, 2.05) is 6.92 Å². The predicted molar refractivity (Wildman–Crippen MR) is 71.5 cm³/mol. The Balaban J connectivity index is 1.68. The molecule has 0 bridgehead atoms. The molecule has 1 aliphatic carbocycles. The molecule has 1 rings (SSSR count). The molecular formula is C14H27NO3. The minimum Gasteiger partial charge on any atom is -0.466 e. The lowest BCUT2D eigenvalue weighted by molar-refractivity contribution is -0.143. The summed E-state index contributed by atoms with van der Waals surface area (Å²) in [5.74, 6) is 0.784. The molecule has 0 spiro atoms. The van der Waals surface area contributed by atoms with Crippen molar-refractivity contribution < 1.29 is 14.3 Å². The lowest BCUT2D eigenvalue weighted by Gasteiger charge is -2.05. The van der Waals surface area contributed by atoms with Gasteiger partial charge in [0.15, 0.2) is 0 Å². The van der Waals surface area contributed by atoms with E-state index in [-0.39, 0.29) is 5.97 Å². The van der Waals surface area contributed by atoms with Crippen molar-refractivity contribution in [1.82, 2.24) is 5.32 Å². The van der Waals surface area contributed by atoms with E-state index < -0.39 is 0 Å². The van der Waals surface area contributed by atoms with Crippen LogP contribution in [0.1, 0.15) is 45.4 Å². The van der Waals surface area contributed by atoms with Gasteiger partial charge < -0.3 is 14.8 Å². The number of hydrogen-bond donors (Lipinski definition) is 1. The van der Waals surface area contributed by atoms with Gasteiger partial charge in [-0.2, -0.15) is 0 Å². The van der Waals surface area contributed by atoms with Crippen molar-refractivity contribution in [3.63, 3.8) is 0 Å². The summed E-state index contributed by atoms with van der Waals surface area (Å²) < 4.78 is 10.4. The fraction of sp³-hybridized carbons (Fsp3) is 0.929. The second kappa shape index (κ2) is 10.3. The van der Waals surface area contributed by atoms with Gasteiger partial charge >= 0.3 is 5.97 Å². The number of unbranched alkanes of at least 4 members (excludes halogenated alkanes) is 2. The Bertz CT molecular complexity index is 217. The van der Waals surface area contributed by atoms with Crippen LogP contribution >= 0.6 is 0 Å². The highest BCUT2D eigenvalue weighted by atomic mass is 16.5. The number of ether oxygens (including phenoxy) is 2. The van der Waals surface area contributed by atoms with Gasteiger partial charge in [0.05, 0.1) is 13.2 Å². The van der Waals surface area contributed by atoms with E-state index >= 15 is 0 Å². The van der Waals surface area contributed by atoms with Crippen molar-refractivity contribution in [2.45, 2.75) is 45.4 Å². The van der Waals surface area contributed by atoms with Crippen LogP contribution in [0.2, 0.25) is 0 Å². The van der Waals surface area contributed by atoms with Crippen LogP contribution in [0.4, 0.5) is 0 Å². The molecular weight excluding hydrogens is 230 g/mol. The Hall–Kier alpha value is -0.610. The fourth-order valence-corrected chi connectivity index (χ4v) is 1.73. The van der Waals surface area contributed by atoms with E-state index in [0.29, 0.717) is 13.0 Å². The lowest BCUT2D eigenvalue weighted by Crippen LogP contribution is -2.21. The standard InChI is InChI=1S/C14H27NO3/c1-2-18-14(16)6-4-3-5-9-15-10-11-17-12-13-7-8-13/h13,15H,2-12H2,1H3. The first-order valence-electron chi connectivity index (χ1n) is 7.27. The molecule has 1 fully saturated rings. The van der Waals surface area contributed by atoms with Crippen LogP contribution in [-0.4, -0.2) is 38.9 Å². The monoisotopic (exact) mass is 257 g/mol. The van der Waals surface area contributed by atoms with Crippen molar-refractivity contribution in [3.8, 4) is 0 Å². The first-order chi connectivity index (χ1) is 8.83. The Labute approximate surface area is 110 Å². The summed E-state index contributed by atoms with van der Waals surface area (Å²) in [7, 11) is 0. The molecule has 106 valence electrons. The molecule has 0 radical (unpaired) electrons. The Morgan fingerprint density at radius 2 is 2.06 bits per heavy atom. The number of carbonyl (C=O) groups excluding carboxylic acids is 1. The Kier molecular flexibility index (Phi) is 8.86. The average molecular weight is 257 g/mol. The highest BCUT2D eigenvalue weighted by Crippen LogP contribution is 2.28. The summed E-state index contributed by atoms with van der Waals surface area (Å²) >= 11 is 0. The minimum atomic E-state index is -0.0704. The largest absolute Gasteiger partial charge is 0.466 e. The zero-order valence-electron chi connectivity index (χ0n) is 11.6. The molecule has 0 aromatic rings. The topological polar surface area (TPSA) is 47.6 Å². The first kappa shape index (κ1) is 15.4. The smallest absolute Gasteiger partial charge is 0.305 e. The third-order valence-corrected chi connectivity index (χ3v) is 3.01. The van der Waals surface area contributed by atoms with Crippen molar-refractivity contribution in [2.75, 3.05) is 32.9 Å². The summed E-state index contributed by atoms with van der Waals surface area (Å²) in [6.45, 7) is 6.04. The molecule has 18 heavy (non-hydrogen) atoms. The highest BCUT2D eigenvalue weighted by molar-refractivity contribution is 5.69. The molecule has 1 aliphatic rings. The number of hydrogen-bond acceptors (Lipinski definition) is 4. The second-order valence-electron chi connectivity index (χ2n) is 4.88. The van der Waals surface area contributed by atoms with Crippen molar-refractivity contribution >= 4 is 5.97 Å². The molecule has 4 heteroatoms. The molecule has 0 aromatic carbocycles. The second-order valence-corrected chi connectivity index (χ2v) is 4.88. The molecule has 0 aromatic heterocycles. The maximum Gasteiger partial charge on any atom is 0.305 e. The van der Waals surface area contributed by atoms with Gasteiger partial charge in [0, 0.05) is 19.6 Å². The van der Waals surface area contributed by atoms with Crippen LogP contribution in [-0.2, 0) is 14.3 Å². The van der Waals surface area contributed by atoms with Crippen LogP contribution in [0.5, 0.6) is 0 Å². The van der Waals surface area contributed by atoms with Gasteiger partial charge in [-0.25, -0.2) is 0 Å². The van der Waals surface area contributed by atoms with Crippen molar-refractivity contribution in [1.29, 1.82) is 0 Å². The van der Waals surface area contributed by atoms with E-state index in [2.05, 4.69) is 5.32 Å². The normalized spacial score (nSPS) is 14.7. The van der Waals surface area contributed by atoms with Crippen LogP contribution in [0, 0.1) is 5.92 Å². The zero-order valence-corrected chi connectivity index (χ0v) is 11.6. The summed E-state index contributed by atoms with van der Waals surface area (Å²) in [6.07, 6.45) is 6.38. The van der Waals surface area contributed by atoms with Crippen LogP contribution in [0.25, 0.3) is 0 Å². The van der Waals surface area contributed by atoms with E-state index in [1.54, 1.807) is 0 Å². The van der Waals surface area contributed by atoms with E-state index in [0.717, 1.165) is 51.5 Å². The maximum absolute atomic E-state index is 11.1. The van der Waals surface area contributed by atoms with Gasteiger partial charge in [0.25, 0.3) is 0 Å². The predicted octanol–water partition coefficient (Wildman–Crippen LogP) is 2.13. The molecule has 0 unspecified atom stereocenters. The maximum atomic E-state index is 11.1. The van der Waals surface area contributed by atoms with E-state index in [4.69, 9.17) is 9.47 Å². The average Bonchev–Trinajstić information content (AvgIpc) is 3.16. The van der Waals surface area contributed by atoms with Crippen LogP contribution < -0.4 is 5.32 Å². The van der Waals surface area contributed by atoms with Gasteiger partial charge in [-0.15, -0.1) is 0 Å². The number of carbonyl (C=O) groups is 1. The SMILES string of the molecule is CCOC(=O)CCCCCNCCOCC1CC1. The molecule has 0 atom stereocenters.